The van der Waals surface area contributed by atoms with Crippen LogP contribution < -0.4 is 5.73 Å². The van der Waals surface area contributed by atoms with Gasteiger partial charge in [-0.15, -0.1) is 11.8 Å². The Hall–Kier alpha value is -1.40. The molecule has 0 fully saturated rings. The number of H-pyrrole nitrogens is 1. The number of hydrogen-bond acceptors (Lipinski definition) is 4. The Morgan fingerprint density at radius 2 is 2.06 bits per heavy atom. The average molecular weight is 238 g/mol. The van der Waals surface area contributed by atoms with E-state index >= 15 is 0 Å². The van der Waals surface area contributed by atoms with Gasteiger partial charge in [0.05, 0.1) is 12.3 Å². The third-order valence-electron chi connectivity index (χ3n) is 1.95. The highest BCUT2D eigenvalue weighted by molar-refractivity contribution is 7.98. The van der Waals surface area contributed by atoms with Crippen LogP contribution in [-0.2, 0) is 12.3 Å². The van der Waals surface area contributed by atoms with E-state index in [0.29, 0.717) is 18.1 Å². The molecule has 0 amide bonds. The molecule has 1 aromatic heterocycles. The third-order valence-corrected chi connectivity index (χ3v) is 2.97. The molecule has 0 bridgehead atoms. The van der Waals surface area contributed by atoms with E-state index in [-0.39, 0.29) is 5.82 Å². The molecule has 84 valence electrons. The van der Waals surface area contributed by atoms with Gasteiger partial charge in [0.1, 0.15) is 11.6 Å². The van der Waals surface area contributed by atoms with Crippen molar-refractivity contribution in [3.05, 3.63) is 41.7 Å². The van der Waals surface area contributed by atoms with E-state index in [1.54, 1.807) is 23.9 Å². The van der Waals surface area contributed by atoms with Crippen LogP contribution in [0.25, 0.3) is 0 Å². The van der Waals surface area contributed by atoms with Crippen LogP contribution in [0.2, 0.25) is 0 Å². The van der Waals surface area contributed by atoms with Crippen LogP contribution in [0.1, 0.15) is 11.6 Å². The van der Waals surface area contributed by atoms with Gasteiger partial charge < -0.3 is 5.73 Å². The minimum atomic E-state index is -0.227. The Morgan fingerprint density at radius 3 is 2.69 bits per heavy atom. The molecule has 3 N–H and O–H groups in total. The summed E-state index contributed by atoms with van der Waals surface area (Å²) in [4.78, 5) is 5.17. The van der Waals surface area contributed by atoms with Gasteiger partial charge in [0.2, 0.25) is 0 Å². The van der Waals surface area contributed by atoms with E-state index in [2.05, 4.69) is 15.2 Å². The summed E-state index contributed by atoms with van der Waals surface area (Å²) in [7, 11) is 0. The predicted molar refractivity (Wildman–Crippen MR) is 60.2 cm³/mol. The zero-order chi connectivity index (χ0) is 11.4. The number of hydrogen-bond donors (Lipinski definition) is 2. The molecule has 6 heteroatoms. The van der Waals surface area contributed by atoms with Gasteiger partial charge in [0.25, 0.3) is 0 Å². The SMILES string of the molecule is NCc1n[nH]c(CSc2ccc(F)cc2)n1. The molecule has 0 radical (unpaired) electrons. The van der Waals surface area contributed by atoms with Crippen molar-refractivity contribution in [1.82, 2.24) is 15.2 Å². The summed E-state index contributed by atoms with van der Waals surface area (Å²) in [5.74, 6) is 1.82. The van der Waals surface area contributed by atoms with Crippen molar-refractivity contribution < 1.29 is 4.39 Å². The molecule has 1 heterocycles. The molecule has 0 spiro atoms. The number of nitrogens with two attached hydrogens (primary N) is 1. The van der Waals surface area contributed by atoms with Crippen LogP contribution in [-0.4, -0.2) is 15.2 Å². The predicted octanol–water partition coefficient (Wildman–Crippen LogP) is 1.69. The Kier molecular flexibility index (Phi) is 3.53. The van der Waals surface area contributed by atoms with E-state index in [1.165, 1.54) is 12.1 Å². The van der Waals surface area contributed by atoms with Crippen LogP contribution in [0.15, 0.2) is 29.2 Å². The number of aromatic amines is 1. The van der Waals surface area contributed by atoms with Crippen LogP contribution in [0.3, 0.4) is 0 Å². The lowest BCUT2D eigenvalue weighted by Crippen LogP contribution is -1.98. The second kappa shape index (κ2) is 5.09. The summed E-state index contributed by atoms with van der Waals surface area (Å²) < 4.78 is 12.6. The summed E-state index contributed by atoms with van der Waals surface area (Å²) in [6.07, 6.45) is 0. The van der Waals surface area contributed by atoms with Gasteiger partial charge in [-0.3, -0.25) is 5.10 Å². The van der Waals surface area contributed by atoms with E-state index < -0.39 is 0 Å². The molecule has 1 aromatic carbocycles. The summed E-state index contributed by atoms with van der Waals surface area (Å²) in [5, 5.41) is 6.73. The molecule has 0 aliphatic carbocycles. The first-order chi connectivity index (χ1) is 7.78. The normalized spacial score (nSPS) is 10.6. The van der Waals surface area contributed by atoms with Crippen LogP contribution >= 0.6 is 11.8 Å². The Labute approximate surface area is 96.5 Å². The van der Waals surface area contributed by atoms with Gasteiger partial charge in [-0.2, -0.15) is 5.10 Å². The Balaban J connectivity index is 1.94. The molecule has 0 atom stereocenters. The Morgan fingerprint density at radius 1 is 1.31 bits per heavy atom. The first kappa shape index (κ1) is 11.1. The van der Waals surface area contributed by atoms with Gasteiger partial charge in [-0.1, -0.05) is 0 Å². The fraction of sp³-hybridized carbons (Fsp3) is 0.200. The first-order valence-electron chi connectivity index (χ1n) is 4.76. The fourth-order valence-corrected chi connectivity index (χ4v) is 1.93. The van der Waals surface area contributed by atoms with E-state index in [0.717, 1.165) is 10.7 Å². The number of nitrogens with one attached hydrogen (secondary N) is 1. The van der Waals surface area contributed by atoms with Crippen molar-refractivity contribution in [3.8, 4) is 0 Å². The number of nitrogens with zero attached hydrogens (tertiary/aromatic N) is 2. The molecule has 0 saturated heterocycles. The highest BCUT2D eigenvalue weighted by Gasteiger charge is 2.02. The molecule has 16 heavy (non-hydrogen) atoms. The Bertz CT molecular complexity index is 454. The number of thioether (sulfide) groups is 1. The molecule has 0 saturated carbocycles. The monoisotopic (exact) mass is 238 g/mol. The number of aromatic nitrogens is 3. The molecule has 4 nitrogen and oxygen atoms in total. The lowest BCUT2D eigenvalue weighted by Gasteiger charge is -1.98. The molecule has 0 aliphatic rings. The lowest BCUT2D eigenvalue weighted by molar-refractivity contribution is 0.626. The van der Waals surface area contributed by atoms with Gasteiger partial charge >= 0.3 is 0 Å². The third kappa shape index (κ3) is 2.80. The molecule has 2 rings (SSSR count). The second-order valence-electron chi connectivity index (χ2n) is 3.15. The topological polar surface area (TPSA) is 67.6 Å². The minimum Gasteiger partial charge on any atom is -0.324 e. The van der Waals surface area contributed by atoms with Gasteiger partial charge in [-0.25, -0.2) is 9.37 Å². The summed E-state index contributed by atoms with van der Waals surface area (Å²) in [6.45, 7) is 0.331. The fourth-order valence-electron chi connectivity index (χ4n) is 1.17. The maximum absolute atomic E-state index is 12.6. The minimum absolute atomic E-state index is 0.227. The lowest BCUT2D eigenvalue weighted by atomic mass is 10.4. The number of rotatable bonds is 4. The summed E-state index contributed by atoms with van der Waals surface area (Å²) in [5.41, 5.74) is 5.39. The number of benzene rings is 1. The van der Waals surface area contributed by atoms with E-state index in [9.17, 15) is 4.39 Å². The smallest absolute Gasteiger partial charge is 0.164 e. The molecular formula is C10H11FN4S. The van der Waals surface area contributed by atoms with Crippen LogP contribution in [0.4, 0.5) is 4.39 Å². The zero-order valence-electron chi connectivity index (χ0n) is 8.48. The zero-order valence-corrected chi connectivity index (χ0v) is 9.30. The van der Waals surface area contributed by atoms with Crippen molar-refractivity contribution in [1.29, 1.82) is 0 Å². The molecule has 0 aliphatic heterocycles. The van der Waals surface area contributed by atoms with E-state index in [1.807, 2.05) is 0 Å². The van der Waals surface area contributed by atoms with Crippen molar-refractivity contribution >= 4 is 11.8 Å². The molecule has 0 unspecified atom stereocenters. The highest BCUT2D eigenvalue weighted by atomic mass is 32.2. The molecular weight excluding hydrogens is 227 g/mol. The second-order valence-corrected chi connectivity index (χ2v) is 4.19. The van der Waals surface area contributed by atoms with Crippen LogP contribution in [0, 0.1) is 5.82 Å². The summed E-state index contributed by atoms with van der Waals surface area (Å²) in [6, 6.07) is 6.35. The number of halogens is 1. The van der Waals surface area contributed by atoms with Crippen LogP contribution in [0.5, 0.6) is 0 Å². The van der Waals surface area contributed by atoms with Crippen molar-refractivity contribution in [2.75, 3.05) is 0 Å². The van der Waals surface area contributed by atoms with Crippen molar-refractivity contribution in [2.24, 2.45) is 5.73 Å². The maximum Gasteiger partial charge on any atom is 0.164 e. The quantitative estimate of drug-likeness (QED) is 0.795. The van der Waals surface area contributed by atoms with Gasteiger partial charge in [-0.05, 0) is 24.3 Å². The molecule has 2 aromatic rings. The standard InChI is InChI=1S/C10H11FN4S/c11-7-1-3-8(4-2-7)16-6-10-13-9(5-12)14-15-10/h1-4H,5-6,12H2,(H,13,14,15). The van der Waals surface area contributed by atoms with Crippen molar-refractivity contribution in [2.45, 2.75) is 17.2 Å². The van der Waals surface area contributed by atoms with Gasteiger partial charge in [0, 0.05) is 4.90 Å². The highest BCUT2D eigenvalue weighted by Crippen LogP contribution is 2.21. The average Bonchev–Trinajstić information content (AvgIpc) is 2.76. The van der Waals surface area contributed by atoms with Crippen molar-refractivity contribution in [3.63, 3.8) is 0 Å². The first-order valence-corrected chi connectivity index (χ1v) is 5.75. The largest absolute Gasteiger partial charge is 0.324 e. The van der Waals surface area contributed by atoms with E-state index in [4.69, 9.17) is 5.73 Å². The van der Waals surface area contributed by atoms with Gasteiger partial charge in [0.15, 0.2) is 5.82 Å². The summed E-state index contributed by atoms with van der Waals surface area (Å²) >= 11 is 1.56. The maximum atomic E-state index is 12.6.